The van der Waals surface area contributed by atoms with Gasteiger partial charge in [-0.2, -0.15) is 0 Å². The zero-order chi connectivity index (χ0) is 15.9. The smallest absolute Gasteiger partial charge is 0.287 e. The van der Waals surface area contributed by atoms with Gasteiger partial charge in [0, 0.05) is 17.9 Å². The van der Waals surface area contributed by atoms with Crippen LogP contribution in [-0.4, -0.2) is 16.1 Å². The molecule has 6 nitrogen and oxygen atoms in total. The fourth-order valence-electron chi connectivity index (χ4n) is 2.27. The molecule has 0 fully saturated rings. The Hall–Kier alpha value is -2.34. The summed E-state index contributed by atoms with van der Waals surface area (Å²) in [5.41, 5.74) is 2.28. The van der Waals surface area contributed by atoms with E-state index < -0.39 is 0 Å². The fourth-order valence-corrected chi connectivity index (χ4v) is 2.59. The number of amides is 1. The summed E-state index contributed by atoms with van der Waals surface area (Å²) in [6.07, 6.45) is 0. The molecule has 1 aromatic carbocycles. The van der Waals surface area contributed by atoms with E-state index in [9.17, 15) is 4.79 Å². The van der Waals surface area contributed by atoms with Crippen LogP contribution in [0.15, 0.2) is 21.0 Å². The molecule has 7 heteroatoms. The monoisotopic (exact) mass is 319 g/mol. The van der Waals surface area contributed by atoms with Crippen LogP contribution in [0.2, 0.25) is 5.02 Å². The summed E-state index contributed by atoms with van der Waals surface area (Å²) in [6, 6.07) is 3.74. The van der Waals surface area contributed by atoms with Crippen LogP contribution in [0.4, 0.5) is 0 Å². The summed E-state index contributed by atoms with van der Waals surface area (Å²) in [7, 11) is 0. The largest absolute Gasteiger partial charge is 0.449 e. The van der Waals surface area contributed by atoms with Gasteiger partial charge < -0.3 is 14.2 Å². The molecule has 0 saturated heterocycles. The molecule has 114 valence electrons. The van der Waals surface area contributed by atoms with E-state index in [-0.39, 0.29) is 18.2 Å². The van der Waals surface area contributed by atoms with E-state index in [0.717, 1.165) is 16.5 Å². The Balaban J connectivity index is 1.87. The highest BCUT2D eigenvalue weighted by Crippen LogP contribution is 2.32. The van der Waals surface area contributed by atoms with E-state index in [1.807, 2.05) is 19.9 Å². The summed E-state index contributed by atoms with van der Waals surface area (Å²) in [5.74, 6) is 0.678. The molecule has 0 atom stereocenters. The van der Waals surface area contributed by atoms with Crippen molar-refractivity contribution in [3.63, 3.8) is 0 Å². The topological polar surface area (TPSA) is 81.2 Å². The highest BCUT2D eigenvalue weighted by Gasteiger charge is 2.19. The zero-order valence-electron chi connectivity index (χ0n) is 12.4. The first-order valence-corrected chi connectivity index (χ1v) is 7.10. The molecule has 2 heterocycles. The Bertz CT molecular complexity index is 866. The van der Waals surface area contributed by atoms with Crippen LogP contribution in [0.5, 0.6) is 0 Å². The predicted molar refractivity (Wildman–Crippen MR) is 80.9 cm³/mol. The molecule has 0 spiro atoms. The number of nitrogens with one attached hydrogen (secondary N) is 1. The molecular weight excluding hydrogens is 306 g/mol. The Morgan fingerprint density at radius 3 is 2.68 bits per heavy atom. The summed E-state index contributed by atoms with van der Waals surface area (Å²) in [5, 5.41) is 11.5. The van der Waals surface area contributed by atoms with Crippen molar-refractivity contribution in [3.05, 3.63) is 45.8 Å². The molecule has 22 heavy (non-hydrogen) atoms. The highest BCUT2D eigenvalue weighted by molar-refractivity contribution is 6.35. The summed E-state index contributed by atoms with van der Waals surface area (Å²) < 4.78 is 10.8. The Morgan fingerprint density at radius 2 is 2.00 bits per heavy atom. The van der Waals surface area contributed by atoms with E-state index in [2.05, 4.69) is 15.5 Å². The van der Waals surface area contributed by atoms with Gasteiger partial charge in [-0.15, -0.1) is 10.2 Å². The van der Waals surface area contributed by atoms with Gasteiger partial charge in [-0.1, -0.05) is 11.6 Å². The van der Waals surface area contributed by atoms with Crippen LogP contribution in [0.3, 0.4) is 0 Å². The van der Waals surface area contributed by atoms with Crippen molar-refractivity contribution < 1.29 is 13.6 Å². The van der Waals surface area contributed by atoms with Gasteiger partial charge in [-0.05, 0) is 31.5 Å². The van der Waals surface area contributed by atoms with Gasteiger partial charge in [0.05, 0.1) is 11.6 Å². The fraction of sp³-hybridized carbons (Fsp3) is 0.267. The molecule has 0 unspecified atom stereocenters. The van der Waals surface area contributed by atoms with Crippen molar-refractivity contribution in [1.82, 2.24) is 15.5 Å². The molecule has 3 rings (SSSR count). The maximum Gasteiger partial charge on any atom is 0.287 e. The van der Waals surface area contributed by atoms with E-state index >= 15 is 0 Å². The lowest BCUT2D eigenvalue weighted by Crippen LogP contribution is -2.23. The standard InChI is InChI=1S/C15H14ClN3O3/c1-7-4-10-8(2)13(22-14(10)11(16)5-7)15(20)17-6-12-19-18-9(3)21-12/h4-5H,6H2,1-3H3,(H,17,20). The number of furan rings is 1. The first kappa shape index (κ1) is 14.6. The Kier molecular flexibility index (Phi) is 3.62. The second-order valence-corrected chi connectivity index (χ2v) is 5.48. The lowest BCUT2D eigenvalue weighted by molar-refractivity contribution is 0.0920. The van der Waals surface area contributed by atoms with E-state index in [1.54, 1.807) is 13.0 Å². The van der Waals surface area contributed by atoms with Gasteiger partial charge in [0.2, 0.25) is 11.8 Å². The molecule has 0 bridgehead atoms. The third kappa shape index (κ3) is 2.57. The molecule has 0 aliphatic rings. The van der Waals surface area contributed by atoms with E-state index in [1.165, 1.54) is 0 Å². The van der Waals surface area contributed by atoms with Crippen molar-refractivity contribution >= 4 is 28.5 Å². The second kappa shape index (κ2) is 5.46. The minimum Gasteiger partial charge on any atom is -0.449 e. The van der Waals surface area contributed by atoms with Crippen LogP contribution in [0.1, 0.15) is 33.5 Å². The average Bonchev–Trinajstić information content (AvgIpc) is 3.01. The van der Waals surface area contributed by atoms with Gasteiger partial charge >= 0.3 is 0 Å². The molecular formula is C15H14ClN3O3. The zero-order valence-corrected chi connectivity index (χ0v) is 13.1. The number of fused-ring (bicyclic) bond motifs is 1. The van der Waals surface area contributed by atoms with Gasteiger partial charge in [-0.25, -0.2) is 0 Å². The van der Waals surface area contributed by atoms with Crippen molar-refractivity contribution in [1.29, 1.82) is 0 Å². The minimum absolute atomic E-state index is 0.142. The number of aryl methyl sites for hydroxylation is 3. The highest BCUT2D eigenvalue weighted by atomic mass is 35.5. The third-order valence-electron chi connectivity index (χ3n) is 3.31. The van der Waals surface area contributed by atoms with Crippen LogP contribution in [0.25, 0.3) is 11.0 Å². The number of benzene rings is 1. The van der Waals surface area contributed by atoms with Crippen LogP contribution in [0, 0.1) is 20.8 Å². The van der Waals surface area contributed by atoms with Gasteiger partial charge in [-0.3, -0.25) is 4.79 Å². The number of aromatic nitrogens is 2. The third-order valence-corrected chi connectivity index (χ3v) is 3.59. The SMILES string of the molecule is Cc1cc(Cl)c2oc(C(=O)NCc3nnc(C)o3)c(C)c2c1. The quantitative estimate of drug-likeness (QED) is 0.800. The molecule has 0 saturated carbocycles. The predicted octanol–water partition coefficient (Wildman–Crippen LogP) is 3.32. The first-order valence-electron chi connectivity index (χ1n) is 6.72. The number of rotatable bonds is 3. The van der Waals surface area contributed by atoms with Gasteiger partial charge in [0.25, 0.3) is 5.91 Å². The normalized spacial score (nSPS) is 11.1. The molecule has 1 amide bonds. The summed E-state index contributed by atoms with van der Waals surface area (Å²) in [6.45, 7) is 5.59. The number of nitrogens with zero attached hydrogens (tertiary/aromatic N) is 2. The number of hydrogen-bond donors (Lipinski definition) is 1. The molecule has 1 N–H and O–H groups in total. The number of halogens is 1. The Labute approximate surface area is 131 Å². The maximum atomic E-state index is 12.3. The first-order chi connectivity index (χ1) is 10.5. The molecule has 0 radical (unpaired) electrons. The molecule has 3 aromatic rings. The second-order valence-electron chi connectivity index (χ2n) is 5.08. The van der Waals surface area contributed by atoms with Crippen molar-refractivity contribution in [2.24, 2.45) is 0 Å². The summed E-state index contributed by atoms with van der Waals surface area (Å²) >= 11 is 6.17. The minimum atomic E-state index is -0.349. The molecule has 0 aliphatic carbocycles. The number of carbonyl (C=O) groups is 1. The molecule has 0 aliphatic heterocycles. The van der Waals surface area contributed by atoms with Gasteiger partial charge in [0.15, 0.2) is 11.3 Å². The van der Waals surface area contributed by atoms with Crippen LogP contribution < -0.4 is 5.32 Å². The lowest BCUT2D eigenvalue weighted by atomic mass is 10.1. The average molecular weight is 320 g/mol. The van der Waals surface area contributed by atoms with E-state index in [4.69, 9.17) is 20.4 Å². The van der Waals surface area contributed by atoms with Gasteiger partial charge in [0.1, 0.15) is 0 Å². The number of carbonyl (C=O) groups excluding carboxylic acids is 1. The van der Waals surface area contributed by atoms with Crippen LogP contribution in [-0.2, 0) is 6.54 Å². The van der Waals surface area contributed by atoms with E-state index in [0.29, 0.717) is 22.4 Å². The Morgan fingerprint density at radius 1 is 1.23 bits per heavy atom. The lowest BCUT2D eigenvalue weighted by Gasteiger charge is -2.00. The van der Waals surface area contributed by atoms with Crippen LogP contribution >= 0.6 is 11.6 Å². The van der Waals surface area contributed by atoms with Crippen molar-refractivity contribution in [3.8, 4) is 0 Å². The van der Waals surface area contributed by atoms with Crippen molar-refractivity contribution in [2.75, 3.05) is 0 Å². The number of hydrogen-bond acceptors (Lipinski definition) is 5. The molecule has 2 aromatic heterocycles. The maximum absolute atomic E-state index is 12.3. The van der Waals surface area contributed by atoms with Crippen molar-refractivity contribution in [2.45, 2.75) is 27.3 Å². The summed E-state index contributed by atoms with van der Waals surface area (Å²) in [4.78, 5) is 12.3.